The summed E-state index contributed by atoms with van der Waals surface area (Å²) in [6, 6.07) is -1.27. The second-order valence-electron chi connectivity index (χ2n) is 4.27. The number of rotatable bonds is 8. The normalized spacial score (nSPS) is 14.2. The van der Waals surface area contributed by atoms with Crippen LogP contribution in [0.3, 0.4) is 0 Å². The van der Waals surface area contributed by atoms with Crippen molar-refractivity contribution >= 4 is 16.2 Å². The summed E-state index contributed by atoms with van der Waals surface area (Å²) in [6.45, 7) is 5.37. The van der Waals surface area contributed by atoms with E-state index in [1.54, 1.807) is 13.8 Å². The van der Waals surface area contributed by atoms with Crippen molar-refractivity contribution in [3.8, 4) is 0 Å². The average molecular weight is 266 g/mol. The molecule has 0 aromatic heterocycles. The van der Waals surface area contributed by atoms with E-state index in [-0.39, 0.29) is 6.04 Å². The summed E-state index contributed by atoms with van der Waals surface area (Å²) in [5.74, 6) is -1.14. The molecule has 0 radical (unpaired) electrons. The highest BCUT2D eigenvalue weighted by molar-refractivity contribution is 7.87. The van der Waals surface area contributed by atoms with Crippen LogP contribution in [-0.2, 0) is 15.0 Å². The Kier molecular flexibility index (Phi) is 6.66. The monoisotopic (exact) mass is 266 g/mol. The molecule has 0 spiro atoms. The lowest BCUT2D eigenvalue weighted by molar-refractivity contribution is -0.139. The van der Waals surface area contributed by atoms with Crippen LogP contribution in [0.1, 0.15) is 40.0 Å². The van der Waals surface area contributed by atoms with E-state index in [0.29, 0.717) is 12.8 Å². The first-order valence-corrected chi connectivity index (χ1v) is 7.14. The molecule has 0 bridgehead atoms. The molecule has 1 atom stereocenters. The first-order valence-electron chi connectivity index (χ1n) is 5.70. The van der Waals surface area contributed by atoms with Gasteiger partial charge in [-0.2, -0.15) is 17.4 Å². The van der Waals surface area contributed by atoms with Crippen LogP contribution in [0.15, 0.2) is 0 Å². The lowest BCUT2D eigenvalue weighted by atomic mass is 10.1. The minimum absolute atomic E-state index is 0.215. The Morgan fingerprint density at radius 2 is 1.94 bits per heavy atom. The molecule has 0 aromatic carbocycles. The molecule has 0 aliphatic carbocycles. The van der Waals surface area contributed by atoms with E-state index in [2.05, 4.69) is 4.72 Å². The van der Waals surface area contributed by atoms with Crippen molar-refractivity contribution in [3.05, 3.63) is 0 Å². The molecule has 6 nitrogen and oxygen atoms in total. The van der Waals surface area contributed by atoms with Crippen LogP contribution in [-0.4, -0.2) is 42.9 Å². The summed E-state index contributed by atoms with van der Waals surface area (Å²) in [4.78, 5) is 10.9. The SMILES string of the molecule is CCCC[C@H](NS(=O)(=O)N(C)C(C)C)C(=O)O. The third-order valence-electron chi connectivity index (χ3n) is 2.54. The van der Waals surface area contributed by atoms with Gasteiger partial charge in [0.1, 0.15) is 6.04 Å². The number of nitrogens with zero attached hydrogens (tertiary/aromatic N) is 1. The van der Waals surface area contributed by atoms with E-state index in [1.165, 1.54) is 7.05 Å². The van der Waals surface area contributed by atoms with Gasteiger partial charge in [-0.3, -0.25) is 4.79 Å². The predicted octanol–water partition coefficient (Wildman–Crippen LogP) is 0.804. The van der Waals surface area contributed by atoms with Gasteiger partial charge < -0.3 is 5.11 Å². The van der Waals surface area contributed by atoms with Gasteiger partial charge in [0.25, 0.3) is 10.2 Å². The minimum Gasteiger partial charge on any atom is -0.480 e. The van der Waals surface area contributed by atoms with Crippen LogP contribution in [0.2, 0.25) is 0 Å². The zero-order valence-electron chi connectivity index (χ0n) is 10.8. The lowest BCUT2D eigenvalue weighted by Crippen LogP contribution is -2.48. The van der Waals surface area contributed by atoms with Crippen molar-refractivity contribution in [2.45, 2.75) is 52.1 Å². The van der Waals surface area contributed by atoms with Crippen molar-refractivity contribution in [3.63, 3.8) is 0 Å². The highest BCUT2D eigenvalue weighted by Gasteiger charge is 2.27. The number of nitrogens with one attached hydrogen (secondary N) is 1. The molecule has 0 unspecified atom stereocenters. The van der Waals surface area contributed by atoms with Crippen molar-refractivity contribution in [1.82, 2.24) is 9.03 Å². The van der Waals surface area contributed by atoms with Crippen molar-refractivity contribution in [2.24, 2.45) is 0 Å². The summed E-state index contributed by atoms with van der Waals surface area (Å²) in [5.41, 5.74) is 0. The summed E-state index contributed by atoms with van der Waals surface area (Å²) in [5, 5.41) is 8.94. The Balaban J connectivity index is 4.69. The molecule has 0 aromatic rings. The highest BCUT2D eigenvalue weighted by atomic mass is 32.2. The molecule has 0 amide bonds. The van der Waals surface area contributed by atoms with E-state index in [4.69, 9.17) is 5.11 Å². The minimum atomic E-state index is -3.73. The summed E-state index contributed by atoms with van der Waals surface area (Å²) in [7, 11) is -2.31. The van der Waals surface area contributed by atoms with Crippen LogP contribution < -0.4 is 4.72 Å². The van der Waals surface area contributed by atoms with Gasteiger partial charge in [0.2, 0.25) is 0 Å². The molecule has 0 fully saturated rings. The third kappa shape index (κ3) is 5.47. The molecule has 0 saturated heterocycles. The number of carboxylic acid groups (broad SMARTS) is 1. The Hall–Kier alpha value is -0.660. The molecule has 0 rings (SSSR count). The molecule has 0 aliphatic rings. The standard InChI is InChI=1S/C10H22N2O4S/c1-5-6-7-9(10(13)14)11-17(15,16)12(4)8(2)3/h8-9,11H,5-7H2,1-4H3,(H,13,14)/t9-/m0/s1. The lowest BCUT2D eigenvalue weighted by Gasteiger charge is -2.23. The Labute approximate surface area is 103 Å². The summed E-state index contributed by atoms with van der Waals surface area (Å²) >= 11 is 0. The first kappa shape index (κ1) is 16.3. The molecule has 0 heterocycles. The smallest absolute Gasteiger partial charge is 0.321 e. The second kappa shape index (κ2) is 6.93. The summed E-state index contributed by atoms with van der Waals surface area (Å²) in [6.07, 6.45) is 1.80. The largest absolute Gasteiger partial charge is 0.480 e. The van der Waals surface area contributed by atoms with E-state index in [1.807, 2.05) is 6.92 Å². The van der Waals surface area contributed by atoms with Gasteiger partial charge in [0, 0.05) is 13.1 Å². The van der Waals surface area contributed by atoms with E-state index < -0.39 is 22.2 Å². The molecule has 7 heteroatoms. The molecule has 2 N–H and O–H groups in total. The Morgan fingerprint density at radius 1 is 1.41 bits per heavy atom. The van der Waals surface area contributed by atoms with Gasteiger partial charge in [0.15, 0.2) is 0 Å². The predicted molar refractivity (Wildman–Crippen MR) is 65.9 cm³/mol. The molecular formula is C10H22N2O4S. The summed E-state index contributed by atoms with van der Waals surface area (Å²) < 4.78 is 26.9. The molecule has 0 aliphatic heterocycles. The topological polar surface area (TPSA) is 86.7 Å². The third-order valence-corrected chi connectivity index (χ3v) is 4.30. The fourth-order valence-corrected chi connectivity index (χ4v) is 2.48. The fourth-order valence-electron chi connectivity index (χ4n) is 1.18. The number of carboxylic acids is 1. The first-order chi connectivity index (χ1) is 7.72. The molecule has 17 heavy (non-hydrogen) atoms. The number of hydrogen-bond donors (Lipinski definition) is 2. The Morgan fingerprint density at radius 3 is 2.29 bits per heavy atom. The van der Waals surface area contributed by atoms with Crippen LogP contribution in [0.5, 0.6) is 0 Å². The van der Waals surface area contributed by atoms with Crippen molar-refractivity contribution in [2.75, 3.05) is 7.05 Å². The number of unbranched alkanes of at least 4 members (excludes halogenated alkanes) is 1. The zero-order valence-corrected chi connectivity index (χ0v) is 11.6. The molecule has 102 valence electrons. The van der Waals surface area contributed by atoms with Gasteiger partial charge in [-0.05, 0) is 20.3 Å². The van der Waals surface area contributed by atoms with Crippen molar-refractivity contribution in [1.29, 1.82) is 0 Å². The maximum atomic E-state index is 11.8. The van der Waals surface area contributed by atoms with E-state index >= 15 is 0 Å². The second-order valence-corrected chi connectivity index (χ2v) is 6.03. The van der Waals surface area contributed by atoms with Crippen molar-refractivity contribution < 1.29 is 18.3 Å². The Bertz CT molecular complexity index is 340. The number of hydrogen-bond acceptors (Lipinski definition) is 3. The van der Waals surface area contributed by atoms with Gasteiger partial charge in [-0.1, -0.05) is 19.8 Å². The van der Waals surface area contributed by atoms with Crippen LogP contribution in [0.25, 0.3) is 0 Å². The fraction of sp³-hybridized carbons (Fsp3) is 0.900. The van der Waals surface area contributed by atoms with Gasteiger partial charge >= 0.3 is 5.97 Å². The maximum absolute atomic E-state index is 11.8. The van der Waals surface area contributed by atoms with Gasteiger partial charge in [0.05, 0.1) is 0 Å². The number of aliphatic carboxylic acids is 1. The maximum Gasteiger partial charge on any atom is 0.321 e. The van der Waals surface area contributed by atoms with Crippen LogP contribution in [0, 0.1) is 0 Å². The van der Waals surface area contributed by atoms with Crippen LogP contribution >= 0.6 is 0 Å². The molecular weight excluding hydrogens is 244 g/mol. The van der Waals surface area contributed by atoms with E-state index in [0.717, 1.165) is 10.7 Å². The highest BCUT2D eigenvalue weighted by Crippen LogP contribution is 2.06. The number of carbonyl (C=O) groups is 1. The van der Waals surface area contributed by atoms with Crippen LogP contribution in [0.4, 0.5) is 0 Å². The van der Waals surface area contributed by atoms with Gasteiger partial charge in [-0.15, -0.1) is 0 Å². The van der Waals surface area contributed by atoms with Gasteiger partial charge in [-0.25, -0.2) is 0 Å². The average Bonchev–Trinajstić information content (AvgIpc) is 2.22. The van der Waals surface area contributed by atoms with E-state index in [9.17, 15) is 13.2 Å². The zero-order chi connectivity index (χ0) is 13.6. The quantitative estimate of drug-likeness (QED) is 0.680. The molecule has 0 saturated carbocycles.